The lowest BCUT2D eigenvalue weighted by Gasteiger charge is -2.21. The first-order valence-electron chi connectivity index (χ1n) is 5.18. The fourth-order valence-corrected chi connectivity index (χ4v) is 2.78. The van der Waals surface area contributed by atoms with Crippen molar-refractivity contribution in [2.24, 2.45) is 0 Å². The maximum atomic E-state index is 5.34. The molecule has 0 amide bonds. The Morgan fingerprint density at radius 1 is 1.14 bits per heavy atom. The Hall–Kier alpha value is -0.470. The molecule has 1 aromatic rings. The summed E-state index contributed by atoms with van der Waals surface area (Å²) in [6, 6.07) is 10.7. The average molecular weight is 208 g/mol. The minimum atomic E-state index is 0.809. The first-order chi connectivity index (χ1) is 6.95. The van der Waals surface area contributed by atoms with Gasteiger partial charge in [0.05, 0.1) is 0 Å². The number of benzene rings is 1. The van der Waals surface area contributed by atoms with E-state index in [1.54, 1.807) is 0 Å². The van der Waals surface area contributed by atoms with Crippen molar-refractivity contribution in [3.8, 4) is 0 Å². The van der Waals surface area contributed by atoms with Crippen LogP contribution in [-0.2, 0) is 10.5 Å². The van der Waals surface area contributed by atoms with E-state index >= 15 is 0 Å². The Bertz CT molecular complexity index is 254. The van der Waals surface area contributed by atoms with Gasteiger partial charge in [0.25, 0.3) is 0 Å². The van der Waals surface area contributed by atoms with Gasteiger partial charge in [-0.15, -0.1) is 0 Å². The molecular formula is C12H16OS. The van der Waals surface area contributed by atoms with E-state index in [2.05, 4.69) is 42.1 Å². The highest BCUT2D eigenvalue weighted by Gasteiger charge is 2.13. The molecule has 0 spiro atoms. The third-order valence-corrected chi connectivity index (χ3v) is 3.94. The van der Waals surface area contributed by atoms with E-state index in [1.165, 1.54) is 18.4 Å². The second kappa shape index (κ2) is 5.42. The van der Waals surface area contributed by atoms with Crippen LogP contribution in [0.15, 0.2) is 30.3 Å². The van der Waals surface area contributed by atoms with Crippen LogP contribution in [0, 0.1) is 0 Å². The Kier molecular flexibility index (Phi) is 3.90. The van der Waals surface area contributed by atoms with Gasteiger partial charge in [0, 0.05) is 24.2 Å². The van der Waals surface area contributed by atoms with Gasteiger partial charge in [-0.2, -0.15) is 11.8 Å². The van der Waals surface area contributed by atoms with Gasteiger partial charge in [0.15, 0.2) is 0 Å². The molecule has 0 aliphatic carbocycles. The molecule has 1 saturated heterocycles. The maximum Gasteiger partial charge on any atom is 0.0476 e. The van der Waals surface area contributed by atoms with Gasteiger partial charge >= 0.3 is 0 Å². The van der Waals surface area contributed by atoms with Crippen LogP contribution < -0.4 is 0 Å². The lowest BCUT2D eigenvalue weighted by Crippen LogP contribution is -2.17. The quantitative estimate of drug-likeness (QED) is 0.755. The monoisotopic (exact) mass is 208 g/mol. The zero-order valence-electron chi connectivity index (χ0n) is 8.32. The third kappa shape index (κ3) is 3.03. The van der Waals surface area contributed by atoms with Crippen LogP contribution in [0.25, 0.3) is 0 Å². The molecule has 76 valence electrons. The van der Waals surface area contributed by atoms with Crippen molar-refractivity contribution >= 4 is 11.8 Å². The summed E-state index contributed by atoms with van der Waals surface area (Å²) in [4.78, 5) is 0. The van der Waals surface area contributed by atoms with Crippen molar-refractivity contribution in [1.29, 1.82) is 0 Å². The van der Waals surface area contributed by atoms with Gasteiger partial charge in [-0.1, -0.05) is 30.3 Å². The van der Waals surface area contributed by atoms with Crippen LogP contribution >= 0.6 is 11.8 Å². The SMILES string of the molecule is c1ccc(CSC2CCOCC2)cc1. The molecule has 2 rings (SSSR count). The Labute approximate surface area is 89.9 Å². The van der Waals surface area contributed by atoms with Gasteiger partial charge in [0.1, 0.15) is 0 Å². The van der Waals surface area contributed by atoms with E-state index in [-0.39, 0.29) is 0 Å². The highest BCUT2D eigenvalue weighted by molar-refractivity contribution is 7.99. The van der Waals surface area contributed by atoms with E-state index in [9.17, 15) is 0 Å². The highest BCUT2D eigenvalue weighted by Crippen LogP contribution is 2.25. The molecule has 0 unspecified atom stereocenters. The minimum Gasteiger partial charge on any atom is -0.381 e. The molecule has 1 heterocycles. The Morgan fingerprint density at radius 2 is 1.86 bits per heavy atom. The molecule has 0 N–H and O–H groups in total. The first kappa shape index (κ1) is 10.1. The Balaban J connectivity index is 1.76. The van der Waals surface area contributed by atoms with E-state index < -0.39 is 0 Å². The normalized spacial score (nSPS) is 18.3. The molecule has 2 heteroatoms. The molecular weight excluding hydrogens is 192 g/mol. The molecule has 14 heavy (non-hydrogen) atoms. The van der Waals surface area contributed by atoms with Crippen LogP contribution in [0.1, 0.15) is 18.4 Å². The second-order valence-electron chi connectivity index (χ2n) is 3.61. The van der Waals surface area contributed by atoms with Crippen molar-refractivity contribution in [1.82, 2.24) is 0 Å². The first-order valence-corrected chi connectivity index (χ1v) is 6.23. The summed E-state index contributed by atoms with van der Waals surface area (Å²) >= 11 is 2.07. The van der Waals surface area contributed by atoms with Crippen molar-refractivity contribution in [2.75, 3.05) is 13.2 Å². The van der Waals surface area contributed by atoms with Crippen LogP contribution in [-0.4, -0.2) is 18.5 Å². The van der Waals surface area contributed by atoms with Crippen LogP contribution in [0.4, 0.5) is 0 Å². The largest absolute Gasteiger partial charge is 0.381 e. The Morgan fingerprint density at radius 3 is 2.57 bits per heavy atom. The van der Waals surface area contributed by atoms with Gasteiger partial charge in [0.2, 0.25) is 0 Å². The van der Waals surface area contributed by atoms with Crippen LogP contribution in [0.2, 0.25) is 0 Å². The number of thioether (sulfide) groups is 1. The number of hydrogen-bond donors (Lipinski definition) is 0. The average Bonchev–Trinajstić information content (AvgIpc) is 2.29. The zero-order chi connectivity index (χ0) is 9.64. The predicted molar refractivity (Wildman–Crippen MR) is 61.6 cm³/mol. The predicted octanol–water partition coefficient (Wildman–Crippen LogP) is 3.10. The van der Waals surface area contributed by atoms with Gasteiger partial charge in [-0.25, -0.2) is 0 Å². The summed E-state index contributed by atoms with van der Waals surface area (Å²) in [5.74, 6) is 1.14. The van der Waals surface area contributed by atoms with E-state index in [1.807, 2.05) is 0 Å². The summed E-state index contributed by atoms with van der Waals surface area (Å²) in [5, 5.41) is 0.809. The van der Waals surface area contributed by atoms with Crippen molar-refractivity contribution in [3.63, 3.8) is 0 Å². The fraction of sp³-hybridized carbons (Fsp3) is 0.500. The molecule has 0 atom stereocenters. The van der Waals surface area contributed by atoms with E-state index in [4.69, 9.17) is 4.74 Å². The molecule has 0 radical (unpaired) electrons. The number of rotatable bonds is 3. The van der Waals surface area contributed by atoms with E-state index in [0.29, 0.717) is 0 Å². The van der Waals surface area contributed by atoms with Crippen molar-refractivity contribution < 1.29 is 4.74 Å². The molecule has 1 aliphatic rings. The summed E-state index contributed by atoms with van der Waals surface area (Å²) in [6.07, 6.45) is 2.44. The standard InChI is InChI=1S/C12H16OS/c1-2-4-11(5-3-1)10-14-12-6-8-13-9-7-12/h1-5,12H,6-10H2. The number of hydrogen-bond acceptors (Lipinski definition) is 2. The maximum absolute atomic E-state index is 5.34. The summed E-state index contributed by atoms with van der Waals surface area (Å²) in [5.41, 5.74) is 1.43. The molecule has 1 aromatic carbocycles. The lowest BCUT2D eigenvalue weighted by molar-refractivity contribution is 0.1000. The fourth-order valence-electron chi connectivity index (χ4n) is 1.63. The zero-order valence-corrected chi connectivity index (χ0v) is 9.13. The molecule has 1 aliphatic heterocycles. The van der Waals surface area contributed by atoms with Gasteiger partial charge < -0.3 is 4.74 Å². The third-order valence-electron chi connectivity index (χ3n) is 2.50. The highest BCUT2D eigenvalue weighted by atomic mass is 32.2. The second-order valence-corrected chi connectivity index (χ2v) is 4.90. The summed E-state index contributed by atoms with van der Waals surface area (Å²) in [7, 11) is 0. The lowest BCUT2D eigenvalue weighted by atomic mass is 10.2. The molecule has 0 aromatic heterocycles. The van der Waals surface area contributed by atoms with Gasteiger partial charge in [-0.3, -0.25) is 0 Å². The minimum absolute atomic E-state index is 0.809. The van der Waals surface area contributed by atoms with Gasteiger partial charge in [-0.05, 0) is 18.4 Å². The van der Waals surface area contributed by atoms with Crippen molar-refractivity contribution in [2.45, 2.75) is 23.8 Å². The summed E-state index contributed by atoms with van der Waals surface area (Å²) in [6.45, 7) is 1.90. The molecule has 1 fully saturated rings. The van der Waals surface area contributed by atoms with Crippen molar-refractivity contribution in [3.05, 3.63) is 35.9 Å². The van der Waals surface area contributed by atoms with E-state index in [0.717, 1.165) is 24.2 Å². The summed E-state index contributed by atoms with van der Waals surface area (Å²) < 4.78 is 5.34. The molecule has 0 saturated carbocycles. The van der Waals surface area contributed by atoms with Crippen LogP contribution in [0.3, 0.4) is 0 Å². The molecule has 0 bridgehead atoms. The topological polar surface area (TPSA) is 9.23 Å². The smallest absolute Gasteiger partial charge is 0.0476 e. The molecule has 1 nitrogen and oxygen atoms in total. The number of ether oxygens (including phenoxy) is 1. The van der Waals surface area contributed by atoms with Crippen LogP contribution in [0.5, 0.6) is 0 Å².